The molecule has 1 aliphatic heterocycles. The van der Waals surface area contributed by atoms with Gasteiger partial charge in [0.25, 0.3) is 0 Å². The second-order valence-corrected chi connectivity index (χ2v) is 7.60. The van der Waals surface area contributed by atoms with Gasteiger partial charge in [0.15, 0.2) is 12.4 Å². The van der Waals surface area contributed by atoms with Crippen LogP contribution in [0.5, 0.6) is 5.75 Å². The van der Waals surface area contributed by atoms with Crippen molar-refractivity contribution in [2.24, 2.45) is 0 Å². The largest absolute Gasteiger partial charge is 0.480 e. The number of alkyl halides is 3. The summed E-state index contributed by atoms with van der Waals surface area (Å²) >= 11 is 2.71. The molecule has 0 spiro atoms. The first-order valence-corrected chi connectivity index (χ1v) is 10.7. The van der Waals surface area contributed by atoms with Gasteiger partial charge in [-0.3, -0.25) is 0 Å². The highest BCUT2D eigenvalue weighted by Gasteiger charge is 2.38. The normalized spacial score (nSPS) is 18.4. The van der Waals surface area contributed by atoms with E-state index in [0.29, 0.717) is 35.2 Å². The van der Waals surface area contributed by atoms with E-state index in [9.17, 15) is 26.7 Å². The molecule has 2 aromatic rings. The Morgan fingerprint density at radius 1 is 1.42 bits per heavy atom. The summed E-state index contributed by atoms with van der Waals surface area (Å²) in [5.41, 5.74) is -2.19. The van der Waals surface area contributed by atoms with E-state index < -0.39 is 52.9 Å². The summed E-state index contributed by atoms with van der Waals surface area (Å²) in [6, 6.07) is 1.33. The van der Waals surface area contributed by atoms with Crippen molar-refractivity contribution in [2.45, 2.75) is 51.4 Å². The second kappa shape index (κ2) is 10.4. The van der Waals surface area contributed by atoms with Gasteiger partial charge in [0.05, 0.1) is 5.56 Å². The number of hydrogen-bond donors (Lipinski definition) is 0. The lowest BCUT2D eigenvalue weighted by atomic mass is 10.1. The maximum atomic E-state index is 14.8. The van der Waals surface area contributed by atoms with Crippen LogP contribution in [0.25, 0.3) is 11.5 Å². The Balaban J connectivity index is 1.98. The zero-order valence-electron chi connectivity index (χ0n) is 17.2. The molecule has 3 rings (SSSR count). The van der Waals surface area contributed by atoms with Crippen LogP contribution in [0.4, 0.5) is 22.0 Å². The average molecular weight is 538 g/mol. The average Bonchev–Trinajstić information content (AvgIpc) is 3.06. The Morgan fingerprint density at radius 3 is 2.76 bits per heavy atom. The van der Waals surface area contributed by atoms with Gasteiger partial charge in [-0.25, -0.2) is 13.6 Å². The molecule has 2 atom stereocenters. The first kappa shape index (κ1) is 25.4. The molecule has 0 bridgehead atoms. The minimum Gasteiger partial charge on any atom is -0.480 e. The molecule has 2 heterocycles. The van der Waals surface area contributed by atoms with Crippen LogP contribution in [0, 0.1) is 5.82 Å². The smallest absolute Gasteiger partial charge is 0.425 e. The third-order valence-electron chi connectivity index (χ3n) is 4.81. The summed E-state index contributed by atoms with van der Waals surface area (Å²) in [4.78, 5) is 13.3. The van der Waals surface area contributed by atoms with Gasteiger partial charge in [0.2, 0.25) is 7.98 Å². The van der Waals surface area contributed by atoms with Gasteiger partial charge in [-0.15, -0.1) is 5.10 Å². The number of ether oxygens (including phenoxy) is 3. The van der Waals surface area contributed by atoms with Crippen molar-refractivity contribution in [1.29, 1.82) is 0 Å². The molecule has 33 heavy (non-hydrogen) atoms. The third kappa shape index (κ3) is 5.85. The molecular weight excluding hydrogens is 520 g/mol. The summed E-state index contributed by atoms with van der Waals surface area (Å²) < 4.78 is 84.8. The Labute approximate surface area is 194 Å². The quantitative estimate of drug-likeness (QED) is 0.392. The van der Waals surface area contributed by atoms with Crippen LogP contribution in [0.15, 0.2) is 21.9 Å². The Bertz CT molecular complexity index is 1080. The standard InChI is InChI=1S/C19H18BBrF5N3O4/c1-10(19(24,25)26)33-15-7-14(12(22)6-11(15)13(23)8-21)29-18(30)28(20)16(27-29)9-32-17-4-2-3-5-31-17/h6-8,10,17H,2-5,9H2,1H3/b13-8-/t10-,17?/m0/s1. The molecule has 1 saturated heterocycles. The van der Waals surface area contributed by atoms with E-state index in [1.165, 1.54) is 0 Å². The minimum absolute atomic E-state index is 0.0877. The second-order valence-electron chi connectivity index (χ2n) is 7.15. The fraction of sp³-hybridized carbons (Fsp3) is 0.474. The Morgan fingerprint density at radius 2 is 2.15 bits per heavy atom. The zero-order valence-corrected chi connectivity index (χ0v) is 18.8. The van der Waals surface area contributed by atoms with Gasteiger partial charge in [-0.05, 0) is 32.3 Å². The highest BCUT2D eigenvalue weighted by molar-refractivity contribution is 9.11. The number of benzene rings is 1. The highest BCUT2D eigenvalue weighted by atomic mass is 79.9. The lowest BCUT2D eigenvalue weighted by molar-refractivity contribution is -0.189. The molecule has 2 radical (unpaired) electrons. The molecule has 1 aliphatic rings. The number of halogens is 6. The van der Waals surface area contributed by atoms with E-state index in [2.05, 4.69) is 21.0 Å². The van der Waals surface area contributed by atoms with Crippen molar-refractivity contribution < 1.29 is 36.2 Å². The van der Waals surface area contributed by atoms with Crippen molar-refractivity contribution in [3.63, 3.8) is 0 Å². The van der Waals surface area contributed by atoms with Crippen molar-refractivity contribution in [1.82, 2.24) is 14.3 Å². The summed E-state index contributed by atoms with van der Waals surface area (Å²) in [5, 5.41) is 3.91. The van der Waals surface area contributed by atoms with Crippen LogP contribution in [0.2, 0.25) is 0 Å². The topological polar surface area (TPSA) is 67.5 Å². The van der Waals surface area contributed by atoms with Crippen molar-refractivity contribution >= 4 is 29.7 Å². The van der Waals surface area contributed by atoms with Crippen LogP contribution in [0.1, 0.15) is 37.6 Å². The molecule has 1 aromatic carbocycles. The van der Waals surface area contributed by atoms with Crippen LogP contribution in [-0.4, -0.2) is 47.4 Å². The van der Waals surface area contributed by atoms with E-state index in [1.54, 1.807) is 0 Å². The first-order valence-electron chi connectivity index (χ1n) is 9.75. The summed E-state index contributed by atoms with van der Waals surface area (Å²) in [5.74, 6) is -2.99. The summed E-state index contributed by atoms with van der Waals surface area (Å²) in [6.07, 6.45) is -5.21. The molecule has 1 fully saturated rings. The number of rotatable bonds is 7. The van der Waals surface area contributed by atoms with E-state index in [0.717, 1.165) is 23.9 Å². The number of hydrogen-bond acceptors (Lipinski definition) is 5. The third-order valence-corrected chi connectivity index (χ3v) is 5.21. The molecule has 0 saturated carbocycles. The van der Waals surface area contributed by atoms with Gasteiger partial charge in [0, 0.05) is 17.7 Å². The van der Waals surface area contributed by atoms with Gasteiger partial charge >= 0.3 is 11.9 Å². The van der Waals surface area contributed by atoms with Crippen LogP contribution in [0.3, 0.4) is 0 Å². The monoisotopic (exact) mass is 537 g/mol. The van der Waals surface area contributed by atoms with Crippen molar-refractivity contribution in [2.75, 3.05) is 6.61 Å². The Hall–Kier alpha value is -2.19. The lowest BCUT2D eigenvalue weighted by Crippen LogP contribution is -2.31. The van der Waals surface area contributed by atoms with E-state index in [-0.39, 0.29) is 12.4 Å². The molecule has 0 aliphatic carbocycles. The van der Waals surface area contributed by atoms with Gasteiger partial charge in [-0.2, -0.15) is 17.9 Å². The number of nitrogens with zero attached hydrogens (tertiary/aromatic N) is 3. The summed E-state index contributed by atoms with van der Waals surface area (Å²) in [6.45, 7) is 0.981. The zero-order chi connectivity index (χ0) is 24.3. The van der Waals surface area contributed by atoms with E-state index in [4.69, 9.17) is 22.2 Å². The SMILES string of the molecule is [B]n1c(COC2CCCCO2)nn(-c2cc(O[C@@H](C)C(F)(F)F)c(/C(F)=C/Br)cc2F)c1=O. The molecular formula is C19H18BBrF5N3O4. The van der Waals surface area contributed by atoms with E-state index >= 15 is 0 Å². The molecule has 7 nitrogen and oxygen atoms in total. The highest BCUT2D eigenvalue weighted by Crippen LogP contribution is 2.34. The first-order chi connectivity index (χ1) is 15.5. The molecule has 1 aromatic heterocycles. The van der Waals surface area contributed by atoms with Gasteiger partial charge < -0.3 is 18.7 Å². The van der Waals surface area contributed by atoms with Crippen LogP contribution < -0.4 is 10.4 Å². The number of aromatic nitrogens is 3. The predicted molar refractivity (Wildman–Crippen MR) is 111 cm³/mol. The van der Waals surface area contributed by atoms with Gasteiger partial charge in [0.1, 0.15) is 35.5 Å². The minimum atomic E-state index is -4.78. The molecule has 14 heteroatoms. The fourth-order valence-electron chi connectivity index (χ4n) is 2.99. The van der Waals surface area contributed by atoms with Crippen molar-refractivity contribution in [3.05, 3.63) is 44.8 Å². The molecule has 0 amide bonds. The van der Waals surface area contributed by atoms with Crippen molar-refractivity contribution in [3.8, 4) is 11.4 Å². The van der Waals surface area contributed by atoms with E-state index in [1.807, 2.05) is 0 Å². The maximum absolute atomic E-state index is 14.8. The fourth-order valence-corrected chi connectivity index (χ4v) is 3.24. The summed E-state index contributed by atoms with van der Waals surface area (Å²) in [7, 11) is 5.70. The lowest BCUT2D eigenvalue weighted by Gasteiger charge is -2.22. The molecule has 1 unspecified atom stereocenters. The van der Waals surface area contributed by atoms with Gasteiger partial charge in [-0.1, -0.05) is 15.9 Å². The molecule has 178 valence electrons. The maximum Gasteiger partial charge on any atom is 0.425 e. The van der Waals surface area contributed by atoms with Crippen LogP contribution >= 0.6 is 15.9 Å². The predicted octanol–water partition coefficient (Wildman–Crippen LogP) is 4.14. The van der Waals surface area contributed by atoms with Crippen LogP contribution in [-0.2, 0) is 16.1 Å². The Kier molecular flexibility index (Phi) is 8.01. The molecule has 0 N–H and O–H groups in total.